The van der Waals surface area contributed by atoms with E-state index < -0.39 is 0 Å². The molecule has 0 aliphatic rings. The molecule has 0 aromatic carbocycles. The second kappa shape index (κ2) is 4.60. The van der Waals surface area contributed by atoms with Crippen molar-refractivity contribution in [2.24, 2.45) is 0 Å². The van der Waals surface area contributed by atoms with E-state index in [1.54, 1.807) is 18.3 Å². The molecule has 0 unspecified atom stereocenters. The van der Waals surface area contributed by atoms with Crippen LogP contribution in [0.1, 0.15) is 24.2 Å². The molecule has 14 heavy (non-hydrogen) atoms. The van der Waals surface area contributed by atoms with Gasteiger partial charge in [-0.15, -0.1) is 0 Å². The molecule has 1 aromatic rings. The summed E-state index contributed by atoms with van der Waals surface area (Å²) in [5, 5.41) is 2.77. The number of hydrogen-bond acceptors (Lipinski definition) is 3. The zero-order chi connectivity index (χ0) is 10.6. The minimum absolute atomic E-state index is 0.104. The highest BCUT2D eigenvalue weighted by Crippen LogP contribution is 2.13. The van der Waals surface area contributed by atoms with Crippen LogP contribution in [0.2, 0.25) is 0 Å². The Morgan fingerprint density at radius 3 is 2.86 bits per heavy atom. The van der Waals surface area contributed by atoms with Crippen molar-refractivity contribution in [3.8, 4) is 5.88 Å². The van der Waals surface area contributed by atoms with Crippen LogP contribution < -0.4 is 10.1 Å². The van der Waals surface area contributed by atoms with Crippen LogP contribution in [0, 0.1) is 0 Å². The SMILES string of the molecule is COc1ncccc1C(=O)NC(C)C. The van der Waals surface area contributed by atoms with Gasteiger partial charge in [0.05, 0.1) is 7.11 Å². The van der Waals surface area contributed by atoms with Crippen LogP contribution in [0.15, 0.2) is 18.3 Å². The van der Waals surface area contributed by atoms with Gasteiger partial charge in [0, 0.05) is 12.2 Å². The van der Waals surface area contributed by atoms with Crippen molar-refractivity contribution in [3.63, 3.8) is 0 Å². The molecular formula is C10H14N2O2. The summed E-state index contributed by atoms with van der Waals surface area (Å²) in [7, 11) is 1.49. The minimum atomic E-state index is -0.162. The molecule has 1 aromatic heterocycles. The fourth-order valence-electron chi connectivity index (χ4n) is 1.07. The summed E-state index contributed by atoms with van der Waals surface area (Å²) >= 11 is 0. The Morgan fingerprint density at radius 2 is 2.29 bits per heavy atom. The number of carbonyl (C=O) groups is 1. The number of nitrogens with one attached hydrogen (secondary N) is 1. The van der Waals surface area contributed by atoms with E-state index in [0.717, 1.165) is 0 Å². The molecule has 0 saturated heterocycles. The number of aromatic nitrogens is 1. The van der Waals surface area contributed by atoms with Gasteiger partial charge in [-0.3, -0.25) is 4.79 Å². The molecule has 1 rings (SSSR count). The standard InChI is InChI=1S/C10H14N2O2/c1-7(2)12-9(13)8-5-4-6-11-10(8)14-3/h4-7H,1-3H3,(H,12,13). The van der Waals surface area contributed by atoms with Crippen LogP contribution in [-0.4, -0.2) is 24.0 Å². The number of methoxy groups -OCH3 is 1. The lowest BCUT2D eigenvalue weighted by Gasteiger charge is -2.10. The predicted octanol–water partition coefficient (Wildman–Crippen LogP) is 1.23. The van der Waals surface area contributed by atoms with E-state index >= 15 is 0 Å². The molecule has 0 fully saturated rings. The van der Waals surface area contributed by atoms with E-state index in [1.165, 1.54) is 7.11 Å². The fourth-order valence-corrected chi connectivity index (χ4v) is 1.07. The lowest BCUT2D eigenvalue weighted by molar-refractivity contribution is 0.0939. The topological polar surface area (TPSA) is 51.2 Å². The van der Waals surface area contributed by atoms with Gasteiger partial charge < -0.3 is 10.1 Å². The normalized spacial score (nSPS) is 10.0. The summed E-state index contributed by atoms with van der Waals surface area (Å²) in [6.07, 6.45) is 1.59. The van der Waals surface area contributed by atoms with Gasteiger partial charge in [-0.05, 0) is 26.0 Å². The van der Waals surface area contributed by atoms with Gasteiger partial charge in [0.1, 0.15) is 5.56 Å². The minimum Gasteiger partial charge on any atom is -0.480 e. The molecule has 0 radical (unpaired) electrons. The molecule has 76 valence electrons. The second-order valence-electron chi connectivity index (χ2n) is 3.19. The molecule has 0 atom stereocenters. The van der Waals surface area contributed by atoms with Crippen LogP contribution in [-0.2, 0) is 0 Å². The number of pyridine rings is 1. The van der Waals surface area contributed by atoms with Crippen LogP contribution in [0.4, 0.5) is 0 Å². The van der Waals surface area contributed by atoms with E-state index in [-0.39, 0.29) is 11.9 Å². The third-order valence-corrected chi connectivity index (χ3v) is 1.63. The molecule has 4 nitrogen and oxygen atoms in total. The molecule has 0 saturated carbocycles. The summed E-state index contributed by atoms with van der Waals surface area (Å²) in [4.78, 5) is 15.5. The Morgan fingerprint density at radius 1 is 1.57 bits per heavy atom. The Labute approximate surface area is 83.3 Å². The smallest absolute Gasteiger partial charge is 0.256 e. The van der Waals surface area contributed by atoms with Gasteiger partial charge in [0.2, 0.25) is 5.88 Å². The van der Waals surface area contributed by atoms with Gasteiger partial charge in [0.15, 0.2) is 0 Å². The molecule has 1 amide bonds. The van der Waals surface area contributed by atoms with E-state index in [4.69, 9.17) is 4.74 Å². The van der Waals surface area contributed by atoms with E-state index in [0.29, 0.717) is 11.4 Å². The first-order chi connectivity index (χ1) is 6.65. The third kappa shape index (κ3) is 2.45. The Kier molecular flexibility index (Phi) is 3.45. The van der Waals surface area contributed by atoms with Crippen molar-refractivity contribution in [3.05, 3.63) is 23.9 Å². The summed E-state index contributed by atoms with van der Waals surface area (Å²) < 4.78 is 4.98. The third-order valence-electron chi connectivity index (χ3n) is 1.63. The highest BCUT2D eigenvalue weighted by molar-refractivity contribution is 5.96. The number of carbonyl (C=O) groups excluding carboxylic acids is 1. The molecule has 4 heteroatoms. The first-order valence-corrected chi connectivity index (χ1v) is 4.45. The van der Waals surface area contributed by atoms with Crippen LogP contribution in [0.3, 0.4) is 0 Å². The molecule has 0 aliphatic carbocycles. The maximum atomic E-state index is 11.6. The monoisotopic (exact) mass is 194 g/mol. The van der Waals surface area contributed by atoms with Gasteiger partial charge >= 0.3 is 0 Å². The molecular weight excluding hydrogens is 180 g/mol. The molecule has 0 spiro atoms. The van der Waals surface area contributed by atoms with Crippen molar-refractivity contribution in [1.82, 2.24) is 10.3 Å². The van der Waals surface area contributed by atoms with Gasteiger partial charge in [-0.25, -0.2) is 4.98 Å². The lowest BCUT2D eigenvalue weighted by atomic mass is 10.2. The second-order valence-corrected chi connectivity index (χ2v) is 3.19. The Balaban J connectivity index is 2.88. The van der Waals surface area contributed by atoms with Crippen molar-refractivity contribution in [2.75, 3.05) is 7.11 Å². The number of hydrogen-bond donors (Lipinski definition) is 1. The first kappa shape index (κ1) is 10.5. The van der Waals surface area contributed by atoms with Crippen LogP contribution >= 0.6 is 0 Å². The van der Waals surface area contributed by atoms with E-state index in [1.807, 2.05) is 13.8 Å². The van der Waals surface area contributed by atoms with Gasteiger partial charge in [0.25, 0.3) is 5.91 Å². The number of rotatable bonds is 3. The van der Waals surface area contributed by atoms with Crippen LogP contribution in [0.25, 0.3) is 0 Å². The first-order valence-electron chi connectivity index (χ1n) is 4.45. The average Bonchev–Trinajstić information content (AvgIpc) is 2.16. The van der Waals surface area contributed by atoms with Crippen molar-refractivity contribution in [1.29, 1.82) is 0 Å². The number of amides is 1. The van der Waals surface area contributed by atoms with Crippen molar-refractivity contribution in [2.45, 2.75) is 19.9 Å². The largest absolute Gasteiger partial charge is 0.480 e. The maximum absolute atomic E-state index is 11.6. The maximum Gasteiger partial charge on any atom is 0.256 e. The molecule has 1 heterocycles. The highest BCUT2D eigenvalue weighted by atomic mass is 16.5. The fraction of sp³-hybridized carbons (Fsp3) is 0.400. The summed E-state index contributed by atoms with van der Waals surface area (Å²) in [5.41, 5.74) is 0.462. The van der Waals surface area contributed by atoms with Crippen LogP contribution in [0.5, 0.6) is 5.88 Å². The number of nitrogens with zero attached hydrogens (tertiary/aromatic N) is 1. The summed E-state index contributed by atoms with van der Waals surface area (Å²) in [5.74, 6) is 0.190. The molecule has 0 aliphatic heterocycles. The zero-order valence-corrected chi connectivity index (χ0v) is 8.57. The molecule has 1 N–H and O–H groups in total. The van der Waals surface area contributed by atoms with Gasteiger partial charge in [-0.2, -0.15) is 0 Å². The molecule has 0 bridgehead atoms. The number of ether oxygens (including phenoxy) is 1. The van der Waals surface area contributed by atoms with E-state index in [2.05, 4.69) is 10.3 Å². The Hall–Kier alpha value is -1.58. The van der Waals surface area contributed by atoms with Crippen molar-refractivity contribution >= 4 is 5.91 Å². The summed E-state index contributed by atoms with van der Waals surface area (Å²) in [6.45, 7) is 3.81. The van der Waals surface area contributed by atoms with E-state index in [9.17, 15) is 4.79 Å². The average molecular weight is 194 g/mol. The highest BCUT2D eigenvalue weighted by Gasteiger charge is 2.12. The lowest BCUT2D eigenvalue weighted by Crippen LogP contribution is -2.30. The quantitative estimate of drug-likeness (QED) is 0.787. The van der Waals surface area contributed by atoms with Crippen molar-refractivity contribution < 1.29 is 9.53 Å². The zero-order valence-electron chi connectivity index (χ0n) is 8.57. The Bertz CT molecular complexity index is 324. The summed E-state index contributed by atoms with van der Waals surface area (Å²) in [6, 6.07) is 3.49. The van der Waals surface area contributed by atoms with Gasteiger partial charge in [-0.1, -0.05) is 0 Å². The predicted molar refractivity (Wildman–Crippen MR) is 53.4 cm³/mol.